The van der Waals surface area contributed by atoms with Gasteiger partial charge in [-0.05, 0) is 44.1 Å². The monoisotopic (exact) mass is 292 g/mol. The summed E-state index contributed by atoms with van der Waals surface area (Å²) in [6.07, 6.45) is 2.54. The van der Waals surface area contributed by atoms with E-state index in [0.717, 1.165) is 36.9 Å². The molecule has 3 rings (SSSR count). The highest BCUT2D eigenvalue weighted by atomic mass is 16.6. The first kappa shape index (κ1) is 14.5. The Balaban J connectivity index is 1.79. The quantitative estimate of drug-likeness (QED) is 0.894. The van der Waals surface area contributed by atoms with Crippen molar-refractivity contribution in [3.05, 3.63) is 17.7 Å². The Labute approximate surface area is 126 Å². The molecule has 0 bridgehead atoms. The number of methoxy groups -OCH3 is 1. The van der Waals surface area contributed by atoms with Gasteiger partial charge in [-0.15, -0.1) is 0 Å². The van der Waals surface area contributed by atoms with Crippen LogP contribution in [0.4, 0.5) is 0 Å². The maximum absolute atomic E-state index is 5.71. The highest BCUT2D eigenvalue weighted by Crippen LogP contribution is 2.40. The summed E-state index contributed by atoms with van der Waals surface area (Å²) in [6, 6.07) is 4.78. The lowest BCUT2D eigenvalue weighted by atomic mass is 10.1. The van der Waals surface area contributed by atoms with E-state index in [4.69, 9.17) is 14.2 Å². The van der Waals surface area contributed by atoms with Crippen LogP contribution in [0, 0.1) is 0 Å². The fraction of sp³-hybridized carbons (Fsp3) is 0.625. The molecule has 0 amide bonds. The summed E-state index contributed by atoms with van der Waals surface area (Å²) < 4.78 is 16.8. The van der Waals surface area contributed by atoms with Gasteiger partial charge in [0.05, 0.1) is 7.11 Å². The molecule has 0 saturated carbocycles. The SMILES string of the molecule is CNC[C@@H]1CCCN1Cc1cc(OC)c2c(c1)OCCO2. The maximum Gasteiger partial charge on any atom is 0.203 e. The molecule has 116 valence electrons. The summed E-state index contributed by atoms with van der Waals surface area (Å²) >= 11 is 0. The summed E-state index contributed by atoms with van der Waals surface area (Å²) in [5, 5.41) is 3.29. The lowest BCUT2D eigenvalue weighted by Crippen LogP contribution is -2.36. The molecule has 0 aliphatic carbocycles. The van der Waals surface area contributed by atoms with Crippen molar-refractivity contribution >= 4 is 0 Å². The third kappa shape index (κ3) is 3.09. The van der Waals surface area contributed by atoms with Crippen LogP contribution >= 0.6 is 0 Å². The number of hydrogen-bond acceptors (Lipinski definition) is 5. The van der Waals surface area contributed by atoms with Gasteiger partial charge in [-0.1, -0.05) is 0 Å². The number of ether oxygens (including phenoxy) is 3. The van der Waals surface area contributed by atoms with Crippen molar-refractivity contribution in [1.82, 2.24) is 10.2 Å². The van der Waals surface area contributed by atoms with Gasteiger partial charge in [-0.2, -0.15) is 0 Å². The topological polar surface area (TPSA) is 43.0 Å². The molecular weight excluding hydrogens is 268 g/mol. The molecule has 1 N–H and O–H groups in total. The Morgan fingerprint density at radius 2 is 2.19 bits per heavy atom. The smallest absolute Gasteiger partial charge is 0.203 e. The second-order valence-corrected chi connectivity index (χ2v) is 5.65. The molecule has 0 aromatic heterocycles. The normalized spacial score (nSPS) is 21.5. The third-order valence-electron chi connectivity index (χ3n) is 4.21. The van der Waals surface area contributed by atoms with Crippen molar-refractivity contribution in [2.24, 2.45) is 0 Å². The van der Waals surface area contributed by atoms with Gasteiger partial charge in [0.2, 0.25) is 5.75 Å². The first-order valence-electron chi connectivity index (χ1n) is 7.67. The first-order chi connectivity index (χ1) is 10.3. The van der Waals surface area contributed by atoms with Crippen molar-refractivity contribution < 1.29 is 14.2 Å². The zero-order valence-corrected chi connectivity index (χ0v) is 12.9. The van der Waals surface area contributed by atoms with E-state index in [9.17, 15) is 0 Å². The lowest BCUT2D eigenvalue weighted by Gasteiger charge is -2.26. The minimum Gasteiger partial charge on any atom is -0.493 e. The minimum absolute atomic E-state index is 0.582. The van der Waals surface area contributed by atoms with Gasteiger partial charge in [0.1, 0.15) is 13.2 Å². The second kappa shape index (κ2) is 6.54. The van der Waals surface area contributed by atoms with Crippen LogP contribution in [-0.4, -0.2) is 51.4 Å². The number of fused-ring (bicyclic) bond motifs is 1. The number of likely N-dealkylation sites (N-methyl/N-ethyl adjacent to an activating group) is 1. The number of likely N-dealkylation sites (tertiary alicyclic amines) is 1. The molecule has 5 nitrogen and oxygen atoms in total. The molecule has 5 heteroatoms. The van der Waals surface area contributed by atoms with Gasteiger partial charge < -0.3 is 19.5 Å². The predicted octanol–water partition coefficient (Wildman–Crippen LogP) is 1.65. The summed E-state index contributed by atoms with van der Waals surface area (Å²) in [7, 11) is 3.70. The number of benzene rings is 1. The molecule has 0 spiro atoms. The third-order valence-corrected chi connectivity index (χ3v) is 4.21. The molecule has 1 aromatic rings. The average molecular weight is 292 g/mol. The van der Waals surface area contributed by atoms with Crippen molar-refractivity contribution in [3.8, 4) is 17.2 Å². The van der Waals surface area contributed by atoms with Crippen LogP contribution in [0.2, 0.25) is 0 Å². The van der Waals surface area contributed by atoms with E-state index < -0.39 is 0 Å². The van der Waals surface area contributed by atoms with Crippen LogP contribution in [0.3, 0.4) is 0 Å². The van der Waals surface area contributed by atoms with Gasteiger partial charge in [-0.3, -0.25) is 4.90 Å². The van der Waals surface area contributed by atoms with Gasteiger partial charge in [-0.25, -0.2) is 0 Å². The maximum atomic E-state index is 5.71. The van der Waals surface area contributed by atoms with Crippen LogP contribution in [0.1, 0.15) is 18.4 Å². The largest absolute Gasteiger partial charge is 0.493 e. The van der Waals surface area contributed by atoms with Gasteiger partial charge in [0.25, 0.3) is 0 Å². The van der Waals surface area contributed by atoms with E-state index in [1.54, 1.807) is 7.11 Å². The molecule has 1 atom stereocenters. The van der Waals surface area contributed by atoms with Crippen LogP contribution in [0.25, 0.3) is 0 Å². The molecular formula is C16H24N2O3. The first-order valence-corrected chi connectivity index (χ1v) is 7.67. The van der Waals surface area contributed by atoms with E-state index in [1.165, 1.54) is 18.4 Å². The van der Waals surface area contributed by atoms with Crippen LogP contribution in [0.5, 0.6) is 17.2 Å². The Morgan fingerprint density at radius 1 is 1.33 bits per heavy atom. The van der Waals surface area contributed by atoms with Crippen LogP contribution in [-0.2, 0) is 6.54 Å². The van der Waals surface area contributed by atoms with E-state index in [-0.39, 0.29) is 0 Å². The number of nitrogens with zero attached hydrogens (tertiary/aromatic N) is 1. The van der Waals surface area contributed by atoms with Gasteiger partial charge in [0.15, 0.2) is 11.5 Å². The summed E-state index contributed by atoms with van der Waals surface area (Å²) in [5.41, 5.74) is 1.22. The predicted molar refractivity (Wildman–Crippen MR) is 81.3 cm³/mol. The fourth-order valence-electron chi connectivity index (χ4n) is 3.22. The van der Waals surface area contributed by atoms with Crippen LogP contribution < -0.4 is 19.5 Å². The molecule has 21 heavy (non-hydrogen) atoms. The van der Waals surface area contributed by atoms with E-state index in [0.29, 0.717) is 19.3 Å². The highest BCUT2D eigenvalue weighted by molar-refractivity contribution is 5.54. The van der Waals surface area contributed by atoms with Crippen molar-refractivity contribution in [2.75, 3.05) is 40.5 Å². The van der Waals surface area contributed by atoms with E-state index in [1.807, 2.05) is 7.05 Å². The molecule has 2 heterocycles. The Morgan fingerprint density at radius 3 is 3.00 bits per heavy atom. The molecule has 1 fully saturated rings. The number of rotatable bonds is 5. The van der Waals surface area contributed by atoms with Gasteiger partial charge in [0, 0.05) is 19.1 Å². The molecule has 0 radical (unpaired) electrons. The van der Waals surface area contributed by atoms with E-state index in [2.05, 4.69) is 22.3 Å². The van der Waals surface area contributed by atoms with Crippen molar-refractivity contribution in [3.63, 3.8) is 0 Å². The molecule has 1 aromatic carbocycles. The summed E-state index contributed by atoms with van der Waals surface area (Å²) in [5.74, 6) is 2.31. The Kier molecular flexibility index (Phi) is 4.51. The molecule has 0 unspecified atom stereocenters. The zero-order valence-electron chi connectivity index (χ0n) is 12.9. The second-order valence-electron chi connectivity index (χ2n) is 5.65. The number of nitrogens with one attached hydrogen (secondary N) is 1. The van der Waals surface area contributed by atoms with Crippen LogP contribution in [0.15, 0.2) is 12.1 Å². The lowest BCUT2D eigenvalue weighted by molar-refractivity contribution is 0.164. The minimum atomic E-state index is 0.582. The van der Waals surface area contributed by atoms with Crippen molar-refractivity contribution in [2.45, 2.75) is 25.4 Å². The highest BCUT2D eigenvalue weighted by Gasteiger charge is 2.25. The molecule has 2 aliphatic rings. The van der Waals surface area contributed by atoms with Gasteiger partial charge >= 0.3 is 0 Å². The number of hydrogen-bond donors (Lipinski definition) is 1. The molecule has 1 saturated heterocycles. The van der Waals surface area contributed by atoms with Crippen molar-refractivity contribution in [1.29, 1.82) is 0 Å². The average Bonchev–Trinajstić information content (AvgIpc) is 2.94. The fourth-order valence-corrected chi connectivity index (χ4v) is 3.22. The molecule has 2 aliphatic heterocycles. The Hall–Kier alpha value is -1.46. The standard InChI is InChI=1S/C16H24N2O3/c1-17-10-13-4-3-5-18(13)11-12-8-14(19-2)16-15(9-12)20-6-7-21-16/h8-9,13,17H,3-7,10-11H2,1-2H3/t13-/m0/s1. The zero-order chi connectivity index (χ0) is 14.7. The van der Waals surface area contributed by atoms with E-state index >= 15 is 0 Å². The Bertz CT molecular complexity index is 475. The summed E-state index contributed by atoms with van der Waals surface area (Å²) in [4.78, 5) is 2.53. The summed E-state index contributed by atoms with van der Waals surface area (Å²) in [6.45, 7) is 4.31.